The van der Waals surface area contributed by atoms with Gasteiger partial charge in [0.15, 0.2) is 11.5 Å². The van der Waals surface area contributed by atoms with Gasteiger partial charge in [-0.25, -0.2) is 9.97 Å². The Labute approximate surface area is 184 Å². The maximum absolute atomic E-state index is 13.8. The second-order valence-corrected chi connectivity index (χ2v) is 6.77. The molecule has 0 unspecified atom stereocenters. The second kappa shape index (κ2) is 8.49. The summed E-state index contributed by atoms with van der Waals surface area (Å²) in [5.74, 6) is -5.71. The van der Waals surface area contributed by atoms with Crippen LogP contribution in [0.2, 0.25) is 0 Å². The summed E-state index contributed by atoms with van der Waals surface area (Å²) in [6.45, 7) is -0.690. The number of imidazole rings is 1. The third kappa shape index (κ3) is 4.47. The standard InChI is InChI=1S/C18H13F8N7O/c1-9-7-32-14(34)12(10(4-27)5-29-8-16(19,20)18(24,25)26)13(17(21,22)23)31-15(32)33(9)11-6-28-2-3-30-11/h2-7H,8,27H2,1H3/b10-4+,29-5?. The van der Waals surface area contributed by atoms with E-state index >= 15 is 0 Å². The van der Waals surface area contributed by atoms with E-state index in [-0.39, 0.29) is 17.7 Å². The molecule has 0 saturated carbocycles. The quantitative estimate of drug-likeness (QED) is 0.433. The third-order valence-corrected chi connectivity index (χ3v) is 4.42. The zero-order valence-corrected chi connectivity index (χ0v) is 16.9. The van der Waals surface area contributed by atoms with Crippen LogP contribution in [-0.2, 0) is 6.18 Å². The first-order valence-corrected chi connectivity index (χ1v) is 9.04. The van der Waals surface area contributed by atoms with E-state index in [1.165, 1.54) is 25.5 Å². The van der Waals surface area contributed by atoms with Gasteiger partial charge in [0.2, 0.25) is 5.78 Å². The molecule has 0 aliphatic carbocycles. The Kier molecular flexibility index (Phi) is 6.19. The number of fused-ring (bicyclic) bond motifs is 1. The van der Waals surface area contributed by atoms with Gasteiger partial charge in [0, 0.05) is 42.3 Å². The van der Waals surface area contributed by atoms with Gasteiger partial charge in [0.05, 0.1) is 11.8 Å². The van der Waals surface area contributed by atoms with Crippen LogP contribution in [0.15, 0.2) is 40.8 Å². The predicted octanol–water partition coefficient (Wildman–Crippen LogP) is 3.17. The van der Waals surface area contributed by atoms with E-state index in [0.717, 1.165) is 15.2 Å². The lowest BCUT2D eigenvalue weighted by atomic mass is 10.1. The summed E-state index contributed by atoms with van der Waals surface area (Å²) in [5.41, 5.74) is 0.357. The van der Waals surface area contributed by atoms with Gasteiger partial charge in [-0.15, -0.1) is 0 Å². The van der Waals surface area contributed by atoms with Gasteiger partial charge >= 0.3 is 18.3 Å². The molecular formula is C18H13F8N7O. The number of aliphatic imine (C=N–C) groups is 1. The number of hydrogen-bond acceptors (Lipinski definition) is 6. The Hall–Kier alpha value is -3.85. The van der Waals surface area contributed by atoms with E-state index < -0.39 is 53.0 Å². The Morgan fingerprint density at radius 3 is 2.35 bits per heavy atom. The summed E-state index contributed by atoms with van der Waals surface area (Å²) in [4.78, 5) is 27.1. The highest BCUT2D eigenvalue weighted by Crippen LogP contribution is 2.36. The van der Waals surface area contributed by atoms with Gasteiger partial charge in [-0.2, -0.15) is 35.1 Å². The highest BCUT2D eigenvalue weighted by molar-refractivity contribution is 6.10. The minimum atomic E-state index is -5.94. The highest BCUT2D eigenvalue weighted by Gasteiger charge is 2.57. The van der Waals surface area contributed by atoms with Crippen LogP contribution in [0.4, 0.5) is 35.1 Å². The van der Waals surface area contributed by atoms with Crippen LogP contribution in [-0.4, -0.2) is 48.8 Å². The number of hydrogen-bond donors (Lipinski definition) is 1. The minimum absolute atomic E-state index is 0.0424. The molecule has 0 aromatic carbocycles. The van der Waals surface area contributed by atoms with Crippen molar-refractivity contribution in [2.75, 3.05) is 6.54 Å². The maximum atomic E-state index is 13.8. The van der Waals surface area contributed by atoms with Crippen molar-refractivity contribution < 1.29 is 35.1 Å². The predicted molar refractivity (Wildman–Crippen MR) is 103 cm³/mol. The molecule has 3 rings (SSSR count). The second-order valence-electron chi connectivity index (χ2n) is 6.77. The fraction of sp³-hybridized carbons (Fsp3) is 0.278. The molecule has 8 nitrogen and oxygen atoms in total. The lowest BCUT2D eigenvalue weighted by Crippen LogP contribution is -2.39. The van der Waals surface area contributed by atoms with Gasteiger partial charge in [-0.05, 0) is 6.92 Å². The first kappa shape index (κ1) is 24.8. The summed E-state index contributed by atoms with van der Waals surface area (Å²) < 4.78 is 106. The van der Waals surface area contributed by atoms with Crippen molar-refractivity contribution in [1.29, 1.82) is 0 Å². The molecule has 2 N–H and O–H groups in total. The van der Waals surface area contributed by atoms with Crippen LogP contribution in [0, 0.1) is 6.92 Å². The van der Waals surface area contributed by atoms with Crippen molar-refractivity contribution in [3.63, 3.8) is 0 Å². The highest BCUT2D eigenvalue weighted by atomic mass is 19.4. The fourth-order valence-electron chi connectivity index (χ4n) is 2.89. The van der Waals surface area contributed by atoms with E-state index in [4.69, 9.17) is 5.73 Å². The van der Waals surface area contributed by atoms with Gasteiger partial charge in [0.1, 0.15) is 6.54 Å². The molecule has 0 radical (unpaired) electrons. The Morgan fingerprint density at radius 1 is 1.15 bits per heavy atom. The summed E-state index contributed by atoms with van der Waals surface area (Å²) in [6.07, 6.45) is -5.63. The number of nitrogens with zero attached hydrogens (tertiary/aromatic N) is 6. The zero-order valence-electron chi connectivity index (χ0n) is 16.9. The molecule has 0 spiro atoms. The Bertz CT molecular complexity index is 1320. The molecule has 3 heterocycles. The van der Waals surface area contributed by atoms with E-state index in [9.17, 15) is 39.9 Å². The van der Waals surface area contributed by atoms with Crippen LogP contribution in [0.5, 0.6) is 0 Å². The number of halogens is 8. The molecule has 182 valence electrons. The number of nitrogens with two attached hydrogens (primary N) is 1. The van der Waals surface area contributed by atoms with E-state index in [2.05, 4.69) is 19.9 Å². The van der Waals surface area contributed by atoms with Crippen LogP contribution >= 0.6 is 0 Å². The number of alkyl halides is 8. The van der Waals surface area contributed by atoms with Gasteiger partial charge in [-0.3, -0.25) is 23.7 Å². The first-order valence-electron chi connectivity index (χ1n) is 9.04. The van der Waals surface area contributed by atoms with E-state index in [1.54, 1.807) is 0 Å². The average Bonchev–Trinajstić information content (AvgIpc) is 3.07. The smallest absolute Gasteiger partial charge is 0.404 e. The molecule has 0 atom stereocenters. The largest absolute Gasteiger partial charge is 0.455 e. The summed E-state index contributed by atoms with van der Waals surface area (Å²) >= 11 is 0. The lowest BCUT2D eigenvalue weighted by molar-refractivity contribution is -0.276. The monoisotopic (exact) mass is 495 g/mol. The normalized spacial score (nSPS) is 13.9. The summed E-state index contributed by atoms with van der Waals surface area (Å²) in [7, 11) is 0. The number of allylic oxidation sites excluding steroid dienone is 1. The average molecular weight is 495 g/mol. The number of aryl methyl sites for hydroxylation is 1. The minimum Gasteiger partial charge on any atom is -0.404 e. The van der Waals surface area contributed by atoms with Gasteiger partial charge in [0.25, 0.3) is 5.56 Å². The molecule has 0 fully saturated rings. The fourth-order valence-corrected chi connectivity index (χ4v) is 2.89. The topological polar surface area (TPSA) is 103 Å². The van der Waals surface area contributed by atoms with Crippen molar-refractivity contribution in [1.82, 2.24) is 23.9 Å². The zero-order chi connectivity index (χ0) is 25.5. The van der Waals surface area contributed by atoms with Crippen molar-refractivity contribution in [2.45, 2.75) is 25.2 Å². The summed E-state index contributed by atoms with van der Waals surface area (Å²) in [5, 5.41) is 0. The van der Waals surface area contributed by atoms with Gasteiger partial charge < -0.3 is 5.73 Å². The van der Waals surface area contributed by atoms with Gasteiger partial charge in [-0.1, -0.05) is 0 Å². The van der Waals surface area contributed by atoms with Crippen molar-refractivity contribution in [3.05, 3.63) is 58.3 Å². The molecule has 0 saturated heterocycles. The lowest BCUT2D eigenvalue weighted by Gasteiger charge is -2.17. The number of aromatic nitrogens is 5. The maximum Gasteiger partial charge on any atom is 0.455 e. The first-order chi connectivity index (χ1) is 15.7. The van der Waals surface area contributed by atoms with E-state index in [0.29, 0.717) is 6.20 Å². The molecule has 3 aromatic rings. The Morgan fingerprint density at radius 2 is 1.82 bits per heavy atom. The van der Waals surface area contributed by atoms with E-state index in [1.807, 2.05) is 0 Å². The van der Waals surface area contributed by atoms with Crippen LogP contribution < -0.4 is 11.3 Å². The molecule has 16 heteroatoms. The summed E-state index contributed by atoms with van der Waals surface area (Å²) in [6, 6.07) is 0. The van der Waals surface area contributed by atoms with Crippen LogP contribution in [0.25, 0.3) is 17.2 Å². The molecule has 3 aromatic heterocycles. The molecule has 0 aliphatic heterocycles. The molecule has 0 bridgehead atoms. The number of rotatable bonds is 5. The Balaban J connectivity index is 2.22. The van der Waals surface area contributed by atoms with Crippen LogP contribution in [0.1, 0.15) is 17.0 Å². The molecule has 34 heavy (non-hydrogen) atoms. The molecular weight excluding hydrogens is 482 g/mol. The third-order valence-electron chi connectivity index (χ3n) is 4.42. The van der Waals surface area contributed by atoms with Crippen molar-refractivity contribution >= 4 is 17.6 Å². The van der Waals surface area contributed by atoms with Crippen molar-refractivity contribution in [3.8, 4) is 5.82 Å². The molecule has 0 aliphatic rings. The van der Waals surface area contributed by atoms with Crippen LogP contribution in [0.3, 0.4) is 0 Å². The SMILES string of the molecule is Cc1cn2c(=O)c(/C(C=NCC(F)(F)C(F)(F)F)=C/N)c(C(F)(F)F)nc2n1-c1cnccn1. The molecule has 0 amide bonds. The van der Waals surface area contributed by atoms with Crippen molar-refractivity contribution in [2.24, 2.45) is 10.7 Å².